The first-order valence-corrected chi connectivity index (χ1v) is 9.95. The van der Waals surface area contributed by atoms with E-state index in [0.717, 1.165) is 21.4 Å². The van der Waals surface area contributed by atoms with Gasteiger partial charge in [0.15, 0.2) is 28.4 Å². The zero-order valence-corrected chi connectivity index (χ0v) is 17.1. The number of fused-ring (bicyclic) bond motifs is 3. The van der Waals surface area contributed by atoms with E-state index in [2.05, 4.69) is 9.97 Å². The smallest absolute Gasteiger partial charge is 0.246 e. The third-order valence-corrected chi connectivity index (χ3v) is 5.18. The van der Waals surface area contributed by atoms with Crippen LogP contribution in [-0.4, -0.2) is 33.6 Å². The van der Waals surface area contributed by atoms with Gasteiger partial charge >= 0.3 is 0 Å². The molecular formula is C23H20N4O4. The molecule has 31 heavy (non-hydrogen) atoms. The van der Waals surface area contributed by atoms with Gasteiger partial charge in [-0.3, -0.25) is 0 Å². The van der Waals surface area contributed by atoms with Crippen molar-refractivity contribution in [2.75, 3.05) is 13.7 Å². The molecule has 0 radical (unpaired) electrons. The third-order valence-electron chi connectivity index (χ3n) is 5.18. The van der Waals surface area contributed by atoms with Crippen molar-refractivity contribution in [3.63, 3.8) is 0 Å². The SMILES string of the molecule is CCCOc1ccc(-c2nc3cc4c(cc3n2)[n+]([O-])c2ccccc2n4O)cc1OC. The zero-order valence-electron chi connectivity index (χ0n) is 17.1. The molecule has 0 aliphatic carbocycles. The summed E-state index contributed by atoms with van der Waals surface area (Å²) in [6.07, 6.45) is 0.898. The Bertz CT molecular complexity index is 1370. The predicted molar refractivity (Wildman–Crippen MR) is 116 cm³/mol. The van der Waals surface area contributed by atoms with Gasteiger partial charge in [0.05, 0.1) is 24.8 Å². The molecule has 0 saturated carbocycles. The van der Waals surface area contributed by atoms with Gasteiger partial charge in [0, 0.05) is 23.8 Å². The Hall–Kier alpha value is -4.07. The molecule has 5 aromatic rings. The van der Waals surface area contributed by atoms with Crippen molar-refractivity contribution in [2.45, 2.75) is 13.3 Å². The highest BCUT2D eigenvalue weighted by molar-refractivity contribution is 5.93. The van der Waals surface area contributed by atoms with Crippen molar-refractivity contribution in [1.82, 2.24) is 14.7 Å². The zero-order chi connectivity index (χ0) is 21.5. The maximum atomic E-state index is 12.9. The molecule has 0 atom stereocenters. The summed E-state index contributed by atoms with van der Waals surface area (Å²) >= 11 is 0. The first kappa shape index (κ1) is 18.9. The highest BCUT2D eigenvalue weighted by Crippen LogP contribution is 2.33. The second kappa shape index (κ2) is 7.32. The number of aromatic nitrogens is 4. The number of imidazole rings is 1. The lowest BCUT2D eigenvalue weighted by atomic mass is 10.2. The molecule has 0 saturated heterocycles. The molecule has 0 aliphatic heterocycles. The van der Waals surface area contributed by atoms with Crippen molar-refractivity contribution >= 4 is 33.1 Å². The van der Waals surface area contributed by atoms with Crippen LogP contribution >= 0.6 is 0 Å². The fourth-order valence-corrected chi connectivity index (χ4v) is 3.66. The van der Waals surface area contributed by atoms with Crippen LogP contribution < -0.4 is 14.2 Å². The van der Waals surface area contributed by atoms with E-state index < -0.39 is 0 Å². The van der Waals surface area contributed by atoms with Crippen molar-refractivity contribution in [1.29, 1.82) is 0 Å². The topological polar surface area (TPSA) is 96.3 Å². The minimum Gasteiger partial charge on any atom is -0.618 e. The van der Waals surface area contributed by atoms with Crippen LogP contribution in [0.25, 0.3) is 44.5 Å². The van der Waals surface area contributed by atoms with Crippen LogP contribution in [0.2, 0.25) is 0 Å². The summed E-state index contributed by atoms with van der Waals surface area (Å²) in [7, 11) is 1.59. The lowest BCUT2D eigenvalue weighted by Gasteiger charge is -2.10. The average Bonchev–Trinajstić information content (AvgIpc) is 3.23. The maximum absolute atomic E-state index is 12.9. The van der Waals surface area contributed by atoms with Crippen LogP contribution in [0.15, 0.2) is 54.6 Å². The average molecular weight is 416 g/mol. The number of para-hydroxylation sites is 2. The van der Waals surface area contributed by atoms with E-state index in [1.165, 1.54) is 0 Å². The van der Waals surface area contributed by atoms with E-state index in [4.69, 9.17) is 9.47 Å². The van der Waals surface area contributed by atoms with Crippen molar-refractivity contribution in [3.05, 3.63) is 59.8 Å². The number of hydrogen-bond donors (Lipinski definition) is 1. The molecule has 0 aliphatic rings. The molecule has 8 nitrogen and oxygen atoms in total. The normalized spacial score (nSPS) is 11.4. The van der Waals surface area contributed by atoms with Crippen LogP contribution in [0.4, 0.5) is 0 Å². The van der Waals surface area contributed by atoms with Gasteiger partial charge in [-0.2, -0.15) is 9.46 Å². The van der Waals surface area contributed by atoms with E-state index in [9.17, 15) is 10.4 Å². The lowest BCUT2D eigenvalue weighted by Crippen LogP contribution is -2.30. The van der Waals surface area contributed by atoms with Gasteiger partial charge in [-0.25, -0.2) is 9.97 Å². The Kier molecular flexibility index (Phi) is 4.47. The first-order valence-electron chi connectivity index (χ1n) is 9.95. The van der Waals surface area contributed by atoms with Gasteiger partial charge in [-0.05, 0) is 30.7 Å². The van der Waals surface area contributed by atoms with Crippen molar-refractivity contribution in [2.24, 2.45) is 0 Å². The molecule has 0 fully saturated rings. The van der Waals surface area contributed by atoms with Crippen LogP contribution in [-0.2, 0) is 0 Å². The van der Waals surface area contributed by atoms with Crippen LogP contribution in [0.3, 0.4) is 0 Å². The summed E-state index contributed by atoms with van der Waals surface area (Å²) in [5.41, 5.74) is 3.34. The molecule has 156 valence electrons. The summed E-state index contributed by atoms with van der Waals surface area (Å²) in [5, 5.41) is 23.6. The monoisotopic (exact) mass is 416 g/mol. The fraction of sp³-hybridized carbons (Fsp3) is 0.174. The van der Waals surface area contributed by atoms with Crippen molar-refractivity contribution < 1.29 is 19.4 Å². The second-order valence-corrected chi connectivity index (χ2v) is 7.19. The standard InChI is InChI=1S/C23H20N4O4/c1-3-10-31-21-9-8-14(11-22(21)30-2)23-24-15-12-19-20(13-16(15)25-23)27(29)18-7-5-4-6-17(18)26(19)28/h4-9,11-13,28H,3,10H2,1-2H3. The molecule has 1 N–H and O–H groups in total. The minimum atomic E-state index is 0.307. The number of nitrogens with zero attached hydrogens (tertiary/aromatic N) is 4. The summed E-state index contributed by atoms with van der Waals surface area (Å²) in [6, 6.07) is 15.7. The molecule has 2 aromatic heterocycles. The van der Waals surface area contributed by atoms with Gasteiger partial charge in [0.25, 0.3) is 0 Å². The number of methoxy groups -OCH3 is 1. The minimum absolute atomic E-state index is 0.307. The van der Waals surface area contributed by atoms with Gasteiger partial charge in [-0.15, -0.1) is 0 Å². The molecule has 2 heterocycles. The quantitative estimate of drug-likeness (QED) is 0.201. The number of benzene rings is 3. The Morgan fingerprint density at radius 2 is 1.74 bits per heavy atom. The summed E-state index contributed by atoms with van der Waals surface area (Å²) < 4.78 is 13.0. The lowest BCUT2D eigenvalue weighted by molar-refractivity contribution is -0.548. The molecule has 0 spiro atoms. The Labute approximate surface area is 177 Å². The molecule has 0 unspecified atom stereocenters. The Morgan fingerprint density at radius 1 is 0.968 bits per heavy atom. The highest BCUT2D eigenvalue weighted by Gasteiger charge is 2.19. The fourth-order valence-electron chi connectivity index (χ4n) is 3.66. The van der Waals surface area contributed by atoms with Crippen molar-refractivity contribution in [3.8, 4) is 22.9 Å². The van der Waals surface area contributed by atoms with Gasteiger partial charge in [-0.1, -0.05) is 19.1 Å². The molecule has 8 heteroatoms. The highest BCUT2D eigenvalue weighted by atomic mass is 16.5. The summed E-state index contributed by atoms with van der Waals surface area (Å²) in [5.74, 6) is 1.76. The molecular weight excluding hydrogens is 396 g/mol. The maximum Gasteiger partial charge on any atom is 0.246 e. The number of hydrogen-bond acceptors (Lipinski definition) is 6. The Morgan fingerprint density at radius 3 is 2.52 bits per heavy atom. The van der Waals surface area contributed by atoms with Crippen LogP contribution in [0.5, 0.6) is 11.5 Å². The number of rotatable bonds is 5. The summed E-state index contributed by atoms with van der Waals surface area (Å²) in [4.78, 5) is 9.21. The molecule has 5 rings (SSSR count). The van der Waals surface area contributed by atoms with E-state index in [1.54, 1.807) is 43.5 Å². The molecule has 0 amide bonds. The van der Waals surface area contributed by atoms with E-state index >= 15 is 0 Å². The predicted octanol–water partition coefficient (Wildman–Crippen LogP) is 4.07. The van der Waals surface area contributed by atoms with E-state index in [0.29, 0.717) is 57.0 Å². The summed E-state index contributed by atoms with van der Waals surface area (Å²) in [6.45, 7) is 2.64. The third kappa shape index (κ3) is 3.04. The van der Waals surface area contributed by atoms with E-state index in [1.807, 2.05) is 25.1 Å². The largest absolute Gasteiger partial charge is 0.618 e. The van der Waals surface area contributed by atoms with Crippen LogP contribution in [0.1, 0.15) is 13.3 Å². The Balaban J connectivity index is 1.67. The van der Waals surface area contributed by atoms with E-state index in [-0.39, 0.29) is 0 Å². The molecule has 0 bridgehead atoms. The van der Waals surface area contributed by atoms with Gasteiger partial charge < -0.3 is 19.9 Å². The van der Waals surface area contributed by atoms with Crippen LogP contribution in [0, 0.1) is 5.21 Å². The second-order valence-electron chi connectivity index (χ2n) is 7.19. The first-order chi connectivity index (χ1) is 15.1. The molecule has 3 aromatic carbocycles. The number of ether oxygens (including phenoxy) is 2. The van der Waals surface area contributed by atoms with Gasteiger partial charge in [0.2, 0.25) is 11.0 Å². The van der Waals surface area contributed by atoms with Gasteiger partial charge in [0.1, 0.15) is 0 Å².